The van der Waals surface area contributed by atoms with Crippen molar-refractivity contribution in [2.45, 2.75) is 37.6 Å². The van der Waals surface area contributed by atoms with Crippen LogP contribution in [0.3, 0.4) is 0 Å². The quantitative estimate of drug-likeness (QED) is 0.671. The highest BCUT2D eigenvalue weighted by Crippen LogP contribution is 2.40. The van der Waals surface area contributed by atoms with E-state index in [0.717, 1.165) is 5.92 Å². The molecular formula is C10H20N2. The SMILES string of the molecule is CN1CCC(CC2(N)CC2)CC1. The van der Waals surface area contributed by atoms with Crippen molar-refractivity contribution < 1.29 is 0 Å². The van der Waals surface area contributed by atoms with Gasteiger partial charge in [0.15, 0.2) is 0 Å². The Balaban J connectivity index is 1.75. The van der Waals surface area contributed by atoms with Crippen molar-refractivity contribution in [3.05, 3.63) is 0 Å². The van der Waals surface area contributed by atoms with E-state index in [0.29, 0.717) is 0 Å². The van der Waals surface area contributed by atoms with Gasteiger partial charge >= 0.3 is 0 Å². The van der Waals surface area contributed by atoms with Crippen LogP contribution in [0.15, 0.2) is 0 Å². The number of nitrogens with zero attached hydrogens (tertiary/aromatic N) is 1. The molecule has 2 heteroatoms. The van der Waals surface area contributed by atoms with Crippen LogP contribution < -0.4 is 5.73 Å². The van der Waals surface area contributed by atoms with E-state index in [1.54, 1.807) is 0 Å². The van der Waals surface area contributed by atoms with Crippen LogP contribution in [0.4, 0.5) is 0 Å². The van der Waals surface area contributed by atoms with E-state index in [4.69, 9.17) is 5.73 Å². The maximum Gasteiger partial charge on any atom is 0.0158 e. The summed E-state index contributed by atoms with van der Waals surface area (Å²) in [6.45, 7) is 2.56. The molecule has 12 heavy (non-hydrogen) atoms. The van der Waals surface area contributed by atoms with Crippen LogP contribution in [0.1, 0.15) is 32.1 Å². The van der Waals surface area contributed by atoms with Gasteiger partial charge in [-0.2, -0.15) is 0 Å². The normalized spacial score (nSPS) is 30.5. The number of piperidine rings is 1. The summed E-state index contributed by atoms with van der Waals surface area (Å²) in [7, 11) is 2.21. The van der Waals surface area contributed by atoms with E-state index in [1.807, 2.05) is 0 Å². The molecule has 0 unspecified atom stereocenters. The molecule has 1 saturated heterocycles. The van der Waals surface area contributed by atoms with E-state index >= 15 is 0 Å². The molecule has 1 heterocycles. The Morgan fingerprint density at radius 1 is 1.33 bits per heavy atom. The Morgan fingerprint density at radius 3 is 2.42 bits per heavy atom. The topological polar surface area (TPSA) is 29.3 Å². The molecule has 0 aromatic carbocycles. The zero-order valence-corrected chi connectivity index (χ0v) is 8.05. The Kier molecular flexibility index (Phi) is 2.13. The minimum absolute atomic E-state index is 0.278. The minimum atomic E-state index is 0.278. The third kappa shape index (κ3) is 1.99. The molecule has 2 rings (SSSR count). The fourth-order valence-electron chi connectivity index (χ4n) is 2.21. The molecule has 70 valence electrons. The lowest BCUT2D eigenvalue weighted by atomic mass is 9.89. The molecule has 1 saturated carbocycles. The van der Waals surface area contributed by atoms with E-state index < -0.39 is 0 Å². The maximum atomic E-state index is 6.10. The van der Waals surface area contributed by atoms with E-state index in [1.165, 1.54) is 45.2 Å². The lowest BCUT2D eigenvalue weighted by molar-refractivity contribution is 0.203. The summed E-state index contributed by atoms with van der Waals surface area (Å²) in [6.07, 6.45) is 6.59. The summed E-state index contributed by atoms with van der Waals surface area (Å²) >= 11 is 0. The van der Waals surface area contributed by atoms with Crippen molar-refractivity contribution in [3.63, 3.8) is 0 Å². The second-order valence-corrected chi connectivity index (χ2v) is 4.81. The van der Waals surface area contributed by atoms with Gasteiger partial charge in [-0.15, -0.1) is 0 Å². The van der Waals surface area contributed by atoms with Gasteiger partial charge < -0.3 is 10.6 Å². The molecule has 0 amide bonds. The van der Waals surface area contributed by atoms with Crippen LogP contribution in [-0.4, -0.2) is 30.6 Å². The van der Waals surface area contributed by atoms with Crippen LogP contribution >= 0.6 is 0 Å². The van der Waals surface area contributed by atoms with Gasteiger partial charge in [-0.1, -0.05) is 0 Å². The number of hydrogen-bond acceptors (Lipinski definition) is 2. The predicted molar refractivity (Wildman–Crippen MR) is 51.0 cm³/mol. The van der Waals surface area contributed by atoms with Crippen LogP contribution in [0, 0.1) is 5.92 Å². The molecule has 1 aliphatic heterocycles. The van der Waals surface area contributed by atoms with Gasteiger partial charge in [0.1, 0.15) is 0 Å². The van der Waals surface area contributed by atoms with Crippen molar-refractivity contribution >= 4 is 0 Å². The van der Waals surface area contributed by atoms with Crippen molar-refractivity contribution in [2.75, 3.05) is 20.1 Å². The average molecular weight is 168 g/mol. The van der Waals surface area contributed by atoms with Gasteiger partial charge in [0.05, 0.1) is 0 Å². The molecule has 2 fully saturated rings. The van der Waals surface area contributed by atoms with Gasteiger partial charge in [-0.3, -0.25) is 0 Å². The molecule has 0 spiro atoms. The van der Waals surface area contributed by atoms with Crippen molar-refractivity contribution in [2.24, 2.45) is 11.7 Å². The molecule has 0 radical (unpaired) electrons. The first-order valence-electron chi connectivity index (χ1n) is 5.15. The van der Waals surface area contributed by atoms with Gasteiger partial charge in [-0.05, 0) is 58.2 Å². The highest BCUT2D eigenvalue weighted by Gasteiger charge is 2.40. The van der Waals surface area contributed by atoms with Gasteiger partial charge in [0, 0.05) is 5.54 Å². The zero-order valence-electron chi connectivity index (χ0n) is 8.05. The smallest absolute Gasteiger partial charge is 0.0158 e. The standard InChI is InChI=1S/C10H20N2/c1-12-6-2-9(3-7-12)8-10(11)4-5-10/h9H,2-8,11H2,1H3. The number of nitrogens with two attached hydrogens (primary N) is 1. The van der Waals surface area contributed by atoms with E-state index in [9.17, 15) is 0 Å². The highest BCUT2D eigenvalue weighted by atomic mass is 15.1. The second-order valence-electron chi connectivity index (χ2n) is 4.81. The van der Waals surface area contributed by atoms with Crippen molar-refractivity contribution in [3.8, 4) is 0 Å². The Bertz CT molecular complexity index is 155. The molecule has 2 N–H and O–H groups in total. The molecule has 1 aliphatic carbocycles. The summed E-state index contributed by atoms with van der Waals surface area (Å²) in [6, 6.07) is 0. The van der Waals surface area contributed by atoms with Crippen molar-refractivity contribution in [1.82, 2.24) is 4.90 Å². The predicted octanol–water partition coefficient (Wildman–Crippen LogP) is 1.21. The number of hydrogen-bond donors (Lipinski definition) is 1. The zero-order chi connectivity index (χ0) is 8.60. The molecule has 2 aliphatic rings. The van der Waals surface area contributed by atoms with Gasteiger partial charge in [0.2, 0.25) is 0 Å². The van der Waals surface area contributed by atoms with Crippen LogP contribution in [0.5, 0.6) is 0 Å². The Hall–Kier alpha value is -0.0800. The summed E-state index contributed by atoms with van der Waals surface area (Å²) in [5.74, 6) is 0.925. The van der Waals surface area contributed by atoms with Gasteiger partial charge in [0.25, 0.3) is 0 Å². The molecular weight excluding hydrogens is 148 g/mol. The Labute approximate surface area is 75.1 Å². The lowest BCUT2D eigenvalue weighted by Gasteiger charge is -2.30. The summed E-state index contributed by atoms with van der Waals surface area (Å²) in [4.78, 5) is 2.42. The molecule has 0 aromatic rings. The monoisotopic (exact) mass is 168 g/mol. The maximum absolute atomic E-state index is 6.10. The van der Waals surface area contributed by atoms with Crippen LogP contribution in [0.25, 0.3) is 0 Å². The van der Waals surface area contributed by atoms with Crippen molar-refractivity contribution in [1.29, 1.82) is 0 Å². The number of likely N-dealkylation sites (tertiary alicyclic amines) is 1. The van der Waals surface area contributed by atoms with Crippen LogP contribution in [0.2, 0.25) is 0 Å². The largest absolute Gasteiger partial charge is 0.325 e. The molecule has 0 bridgehead atoms. The Morgan fingerprint density at radius 2 is 1.92 bits per heavy atom. The summed E-state index contributed by atoms with van der Waals surface area (Å²) in [5.41, 5.74) is 6.38. The molecule has 0 atom stereocenters. The van der Waals surface area contributed by atoms with Gasteiger partial charge in [-0.25, -0.2) is 0 Å². The first-order valence-corrected chi connectivity index (χ1v) is 5.15. The third-order valence-electron chi connectivity index (χ3n) is 3.43. The second kappa shape index (κ2) is 3.00. The molecule has 0 aromatic heterocycles. The molecule has 2 nitrogen and oxygen atoms in total. The fraction of sp³-hybridized carbons (Fsp3) is 1.00. The average Bonchev–Trinajstić information content (AvgIpc) is 2.74. The minimum Gasteiger partial charge on any atom is -0.325 e. The summed E-state index contributed by atoms with van der Waals surface area (Å²) < 4.78 is 0. The van der Waals surface area contributed by atoms with E-state index in [2.05, 4.69) is 11.9 Å². The fourth-order valence-corrected chi connectivity index (χ4v) is 2.21. The lowest BCUT2D eigenvalue weighted by Crippen LogP contribution is -2.34. The number of rotatable bonds is 2. The highest BCUT2D eigenvalue weighted by molar-refractivity contribution is 5.00. The van der Waals surface area contributed by atoms with Crippen LogP contribution in [-0.2, 0) is 0 Å². The first kappa shape index (κ1) is 8.52. The first-order chi connectivity index (χ1) is 5.68. The summed E-state index contributed by atoms with van der Waals surface area (Å²) in [5, 5.41) is 0. The third-order valence-corrected chi connectivity index (χ3v) is 3.43. The van der Waals surface area contributed by atoms with E-state index in [-0.39, 0.29) is 5.54 Å².